The highest BCUT2D eigenvalue weighted by Gasteiger charge is 2.08. The van der Waals surface area contributed by atoms with E-state index >= 15 is 0 Å². The molecule has 0 fully saturated rings. The average molecular weight is 312 g/mol. The van der Waals surface area contributed by atoms with Gasteiger partial charge in [-0.05, 0) is 23.6 Å². The van der Waals surface area contributed by atoms with Crippen LogP contribution >= 0.6 is 34.4 Å². The van der Waals surface area contributed by atoms with Gasteiger partial charge in [-0.25, -0.2) is 4.98 Å². The molecule has 2 heterocycles. The van der Waals surface area contributed by atoms with Crippen molar-refractivity contribution in [1.29, 1.82) is 0 Å². The minimum absolute atomic E-state index is 0.0354. The number of nitrogens with zero attached hydrogens (tertiary/aromatic N) is 1. The van der Waals surface area contributed by atoms with E-state index in [0.29, 0.717) is 10.9 Å². The zero-order chi connectivity index (χ0) is 13.5. The summed E-state index contributed by atoms with van der Waals surface area (Å²) < 4.78 is 0. The van der Waals surface area contributed by atoms with Crippen LogP contribution in [0.5, 0.6) is 0 Å². The molecule has 0 spiro atoms. The van der Waals surface area contributed by atoms with Crippen LogP contribution in [0.3, 0.4) is 0 Å². The number of unbranched alkanes of at least 4 members (excludes halogenated alkanes) is 1. The Kier molecular flexibility index (Phi) is 5.88. The van der Waals surface area contributed by atoms with Gasteiger partial charge in [-0.1, -0.05) is 19.4 Å². The molecule has 2 aromatic rings. The molecule has 0 aliphatic heterocycles. The van der Waals surface area contributed by atoms with Gasteiger partial charge in [-0.2, -0.15) is 11.8 Å². The molecule has 2 aromatic heterocycles. The Morgan fingerprint density at radius 2 is 2.37 bits per heavy atom. The smallest absolute Gasteiger partial charge is 0.236 e. The first kappa shape index (κ1) is 14.6. The lowest BCUT2D eigenvalue weighted by molar-refractivity contribution is -0.113. The fourth-order valence-corrected chi connectivity index (χ4v) is 3.82. The van der Waals surface area contributed by atoms with Crippen LogP contribution in [0.15, 0.2) is 22.9 Å². The van der Waals surface area contributed by atoms with Crippen molar-refractivity contribution in [3.63, 3.8) is 0 Å². The summed E-state index contributed by atoms with van der Waals surface area (Å²) in [6, 6.07) is 4.04. The van der Waals surface area contributed by atoms with Gasteiger partial charge < -0.3 is 5.32 Å². The molecule has 6 heteroatoms. The number of carbonyl (C=O) groups is 1. The molecule has 0 aromatic carbocycles. The molecule has 0 saturated heterocycles. The van der Waals surface area contributed by atoms with Crippen LogP contribution in [0, 0.1) is 0 Å². The Hall–Kier alpha value is -0.850. The van der Waals surface area contributed by atoms with E-state index in [1.54, 1.807) is 23.1 Å². The van der Waals surface area contributed by atoms with Gasteiger partial charge in [0.25, 0.3) is 0 Å². The number of carbonyl (C=O) groups excluding carboxylic acids is 1. The van der Waals surface area contributed by atoms with Crippen LogP contribution in [0.2, 0.25) is 0 Å². The number of anilines is 1. The molecule has 0 atom stereocenters. The fraction of sp³-hybridized carbons (Fsp3) is 0.385. The first-order valence-corrected chi connectivity index (χ1v) is 9.08. The van der Waals surface area contributed by atoms with E-state index < -0.39 is 0 Å². The van der Waals surface area contributed by atoms with Gasteiger partial charge in [0.15, 0.2) is 5.13 Å². The summed E-state index contributed by atoms with van der Waals surface area (Å²) in [5.74, 6) is 1.59. The Balaban J connectivity index is 1.81. The number of hydrogen-bond acceptors (Lipinski definition) is 5. The maximum absolute atomic E-state index is 11.7. The summed E-state index contributed by atoms with van der Waals surface area (Å²) >= 11 is 4.81. The Morgan fingerprint density at radius 3 is 3.11 bits per heavy atom. The lowest BCUT2D eigenvalue weighted by Crippen LogP contribution is -2.14. The standard InChI is InChI=1S/C13H16N2OS3/c1-2-3-6-17-9-12(16)15-13-14-10(8-19-13)11-5-4-7-18-11/h4-5,7-8H,2-3,6,9H2,1H3,(H,14,15,16). The second-order valence-corrected chi connectivity index (χ2v) is 6.88. The second-order valence-electron chi connectivity index (χ2n) is 3.97. The number of rotatable bonds is 7. The molecule has 0 aliphatic carbocycles. The molecule has 0 radical (unpaired) electrons. The third-order valence-corrected chi connectivity index (χ3v) is 5.09. The number of thiazole rings is 1. The third-order valence-electron chi connectivity index (χ3n) is 2.40. The molecule has 1 N–H and O–H groups in total. The zero-order valence-corrected chi connectivity index (χ0v) is 13.2. The van der Waals surface area contributed by atoms with Gasteiger partial charge in [0.2, 0.25) is 5.91 Å². The molecule has 0 unspecified atom stereocenters. The molecule has 102 valence electrons. The van der Waals surface area contributed by atoms with Crippen molar-refractivity contribution >= 4 is 45.5 Å². The fourth-order valence-electron chi connectivity index (χ4n) is 1.44. The van der Waals surface area contributed by atoms with Gasteiger partial charge in [-0.15, -0.1) is 22.7 Å². The van der Waals surface area contributed by atoms with Crippen LogP contribution in [0.4, 0.5) is 5.13 Å². The van der Waals surface area contributed by atoms with Crippen molar-refractivity contribution in [3.05, 3.63) is 22.9 Å². The summed E-state index contributed by atoms with van der Waals surface area (Å²) in [6.45, 7) is 2.16. The van der Waals surface area contributed by atoms with Gasteiger partial charge >= 0.3 is 0 Å². The molecule has 0 bridgehead atoms. The number of thioether (sulfide) groups is 1. The van der Waals surface area contributed by atoms with Crippen LogP contribution in [-0.4, -0.2) is 22.4 Å². The maximum Gasteiger partial charge on any atom is 0.236 e. The van der Waals surface area contributed by atoms with Gasteiger partial charge in [0.1, 0.15) is 0 Å². The van der Waals surface area contributed by atoms with E-state index in [2.05, 4.69) is 17.2 Å². The largest absolute Gasteiger partial charge is 0.301 e. The Morgan fingerprint density at radius 1 is 1.47 bits per heavy atom. The van der Waals surface area contributed by atoms with Crippen molar-refractivity contribution in [2.75, 3.05) is 16.8 Å². The molecule has 0 aliphatic rings. The summed E-state index contributed by atoms with van der Waals surface area (Å²) in [7, 11) is 0. The highest BCUT2D eigenvalue weighted by atomic mass is 32.2. The monoisotopic (exact) mass is 312 g/mol. The van der Waals surface area contributed by atoms with Crippen molar-refractivity contribution in [2.45, 2.75) is 19.8 Å². The number of hydrogen-bond donors (Lipinski definition) is 1. The summed E-state index contributed by atoms with van der Waals surface area (Å²) in [4.78, 5) is 17.3. The SMILES string of the molecule is CCCCSCC(=O)Nc1nc(-c2cccs2)cs1. The molecular formula is C13H16N2OS3. The predicted molar refractivity (Wildman–Crippen MR) is 86.3 cm³/mol. The van der Waals surface area contributed by atoms with E-state index in [9.17, 15) is 4.79 Å². The summed E-state index contributed by atoms with van der Waals surface area (Å²) in [5.41, 5.74) is 0.939. The third kappa shape index (κ3) is 4.63. The van der Waals surface area contributed by atoms with Crippen LogP contribution in [-0.2, 0) is 4.79 Å². The quantitative estimate of drug-likeness (QED) is 0.773. The summed E-state index contributed by atoms with van der Waals surface area (Å²) in [6.07, 6.45) is 2.34. The number of nitrogens with one attached hydrogen (secondary N) is 1. The lowest BCUT2D eigenvalue weighted by Gasteiger charge is -2.01. The zero-order valence-electron chi connectivity index (χ0n) is 10.7. The molecule has 19 heavy (non-hydrogen) atoms. The van der Waals surface area contributed by atoms with E-state index in [1.165, 1.54) is 17.8 Å². The molecule has 1 amide bonds. The van der Waals surface area contributed by atoms with Crippen molar-refractivity contribution in [1.82, 2.24) is 4.98 Å². The van der Waals surface area contributed by atoms with Crippen LogP contribution in [0.1, 0.15) is 19.8 Å². The van der Waals surface area contributed by atoms with Crippen LogP contribution < -0.4 is 5.32 Å². The Bertz CT molecular complexity index is 508. The van der Waals surface area contributed by atoms with E-state index in [4.69, 9.17) is 0 Å². The predicted octanol–water partition coefficient (Wildman–Crippen LogP) is 4.34. The minimum Gasteiger partial charge on any atom is -0.301 e. The van der Waals surface area contributed by atoms with Crippen molar-refractivity contribution in [3.8, 4) is 10.6 Å². The molecular weight excluding hydrogens is 296 g/mol. The Labute approximate surface area is 125 Å². The lowest BCUT2D eigenvalue weighted by atomic mass is 10.4. The minimum atomic E-state index is 0.0354. The summed E-state index contributed by atoms with van der Waals surface area (Å²) in [5, 5.41) is 7.54. The van der Waals surface area contributed by atoms with Gasteiger partial charge in [-0.3, -0.25) is 4.79 Å². The van der Waals surface area contributed by atoms with E-state index in [1.807, 2.05) is 22.9 Å². The van der Waals surface area contributed by atoms with Crippen molar-refractivity contribution in [2.24, 2.45) is 0 Å². The first-order valence-electron chi connectivity index (χ1n) is 6.16. The average Bonchev–Trinajstić information content (AvgIpc) is 3.04. The van der Waals surface area contributed by atoms with E-state index in [0.717, 1.165) is 22.7 Å². The van der Waals surface area contributed by atoms with Gasteiger partial charge in [0.05, 0.1) is 16.3 Å². The second kappa shape index (κ2) is 7.67. The molecule has 0 saturated carbocycles. The normalized spacial score (nSPS) is 10.6. The van der Waals surface area contributed by atoms with Gasteiger partial charge in [0, 0.05) is 5.38 Å². The highest BCUT2D eigenvalue weighted by molar-refractivity contribution is 7.99. The van der Waals surface area contributed by atoms with E-state index in [-0.39, 0.29) is 5.91 Å². The first-order chi connectivity index (χ1) is 9.29. The molecule has 3 nitrogen and oxygen atoms in total. The number of amides is 1. The molecule has 2 rings (SSSR count). The topological polar surface area (TPSA) is 42.0 Å². The highest BCUT2D eigenvalue weighted by Crippen LogP contribution is 2.28. The van der Waals surface area contributed by atoms with Crippen molar-refractivity contribution < 1.29 is 4.79 Å². The van der Waals surface area contributed by atoms with Crippen LogP contribution in [0.25, 0.3) is 10.6 Å². The number of thiophene rings is 1. The number of aromatic nitrogens is 1. The maximum atomic E-state index is 11.7.